The lowest BCUT2D eigenvalue weighted by molar-refractivity contribution is 0.258. The second-order valence-electron chi connectivity index (χ2n) is 4.97. The molecule has 0 aromatic carbocycles. The van der Waals surface area contributed by atoms with Crippen molar-refractivity contribution in [3.63, 3.8) is 0 Å². The van der Waals surface area contributed by atoms with Gasteiger partial charge in [0, 0.05) is 0 Å². The van der Waals surface area contributed by atoms with Gasteiger partial charge >= 0.3 is 0 Å². The van der Waals surface area contributed by atoms with Crippen LogP contribution in [0.4, 0.5) is 0 Å². The van der Waals surface area contributed by atoms with Crippen LogP contribution in [0.5, 0.6) is 0 Å². The lowest BCUT2D eigenvalue weighted by atomic mass is 9.81. The van der Waals surface area contributed by atoms with Gasteiger partial charge in [-0.05, 0) is 30.1 Å². The van der Waals surface area contributed by atoms with Crippen LogP contribution in [-0.2, 0) is 0 Å². The summed E-state index contributed by atoms with van der Waals surface area (Å²) in [5.41, 5.74) is 0. The lowest BCUT2D eigenvalue weighted by Crippen LogP contribution is -2.15. The Labute approximate surface area is 76.7 Å². The molecule has 2 fully saturated rings. The van der Waals surface area contributed by atoms with E-state index in [0.29, 0.717) is 0 Å². The van der Waals surface area contributed by atoms with Crippen molar-refractivity contribution >= 4 is 0 Å². The molecule has 4 atom stereocenters. The molecule has 2 rings (SSSR count). The molecule has 0 aromatic heterocycles. The van der Waals surface area contributed by atoms with Gasteiger partial charge in [0.15, 0.2) is 0 Å². The summed E-state index contributed by atoms with van der Waals surface area (Å²) in [5, 5.41) is 0. The molecular weight excluding hydrogens is 144 g/mol. The highest BCUT2D eigenvalue weighted by Crippen LogP contribution is 2.49. The van der Waals surface area contributed by atoms with Crippen molar-refractivity contribution in [3.8, 4) is 0 Å². The third-order valence-electron chi connectivity index (χ3n) is 4.50. The van der Waals surface area contributed by atoms with E-state index >= 15 is 0 Å². The maximum absolute atomic E-state index is 2.50. The Morgan fingerprint density at radius 1 is 1.08 bits per heavy atom. The highest BCUT2D eigenvalue weighted by molar-refractivity contribution is 4.89. The van der Waals surface area contributed by atoms with E-state index in [2.05, 4.69) is 13.8 Å². The van der Waals surface area contributed by atoms with Crippen LogP contribution in [0.3, 0.4) is 0 Å². The minimum absolute atomic E-state index is 1.04. The fraction of sp³-hybridized carbons (Fsp3) is 1.00. The zero-order valence-corrected chi connectivity index (χ0v) is 8.55. The summed E-state index contributed by atoms with van der Waals surface area (Å²) in [5.74, 6) is 4.33. The van der Waals surface area contributed by atoms with Crippen molar-refractivity contribution in [3.05, 3.63) is 0 Å². The second-order valence-corrected chi connectivity index (χ2v) is 4.97. The summed E-state index contributed by atoms with van der Waals surface area (Å²) in [6.45, 7) is 4.89. The summed E-state index contributed by atoms with van der Waals surface area (Å²) in [6.07, 6.45) is 9.11. The zero-order valence-electron chi connectivity index (χ0n) is 8.55. The first kappa shape index (κ1) is 8.59. The van der Waals surface area contributed by atoms with Crippen LogP contribution >= 0.6 is 0 Å². The lowest BCUT2D eigenvalue weighted by Gasteiger charge is -2.24. The van der Waals surface area contributed by atoms with E-state index in [1.54, 1.807) is 12.8 Å². The highest BCUT2D eigenvalue weighted by atomic mass is 14.4. The van der Waals surface area contributed by atoms with Crippen LogP contribution in [0.1, 0.15) is 52.4 Å². The SMILES string of the molecule is CCC1C2CCCCC(C2)C1C. The first-order valence-electron chi connectivity index (χ1n) is 5.83. The summed E-state index contributed by atoms with van der Waals surface area (Å²) in [4.78, 5) is 0. The molecule has 70 valence electrons. The Morgan fingerprint density at radius 2 is 1.75 bits per heavy atom. The van der Waals surface area contributed by atoms with E-state index in [4.69, 9.17) is 0 Å². The van der Waals surface area contributed by atoms with Crippen LogP contribution in [-0.4, -0.2) is 0 Å². The van der Waals surface area contributed by atoms with Crippen LogP contribution in [0.15, 0.2) is 0 Å². The van der Waals surface area contributed by atoms with Crippen molar-refractivity contribution in [2.24, 2.45) is 23.7 Å². The average molecular weight is 166 g/mol. The van der Waals surface area contributed by atoms with Gasteiger partial charge in [-0.15, -0.1) is 0 Å². The third kappa shape index (κ3) is 1.30. The molecule has 0 aliphatic heterocycles. The van der Waals surface area contributed by atoms with E-state index in [1.807, 2.05) is 0 Å². The Balaban J connectivity index is 2.08. The molecule has 0 spiro atoms. The molecule has 0 N–H and O–H groups in total. The molecule has 12 heavy (non-hydrogen) atoms. The Kier molecular flexibility index (Phi) is 2.43. The Bertz CT molecular complexity index is 150. The van der Waals surface area contributed by atoms with Crippen molar-refractivity contribution in [2.45, 2.75) is 52.4 Å². The van der Waals surface area contributed by atoms with Gasteiger partial charge in [0.25, 0.3) is 0 Å². The molecule has 0 amide bonds. The molecule has 0 radical (unpaired) electrons. The van der Waals surface area contributed by atoms with Crippen LogP contribution in [0.25, 0.3) is 0 Å². The van der Waals surface area contributed by atoms with E-state index in [9.17, 15) is 0 Å². The van der Waals surface area contributed by atoms with Gasteiger partial charge in [-0.1, -0.05) is 46.0 Å². The second kappa shape index (κ2) is 3.40. The molecule has 0 heterocycles. The minimum atomic E-state index is 1.04. The predicted octanol–water partition coefficient (Wildman–Crippen LogP) is 3.86. The molecule has 0 saturated heterocycles. The average Bonchev–Trinajstić information content (AvgIpc) is 2.25. The van der Waals surface area contributed by atoms with Crippen molar-refractivity contribution in [2.75, 3.05) is 0 Å². The molecular formula is C12H22. The topological polar surface area (TPSA) is 0 Å². The maximum Gasteiger partial charge on any atom is -0.0360 e. The quantitative estimate of drug-likeness (QED) is 0.555. The van der Waals surface area contributed by atoms with Crippen molar-refractivity contribution in [1.29, 1.82) is 0 Å². The summed E-state index contributed by atoms with van der Waals surface area (Å²) >= 11 is 0. The molecule has 2 aliphatic carbocycles. The fourth-order valence-corrected chi connectivity index (χ4v) is 3.79. The van der Waals surface area contributed by atoms with Gasteiger partial charge in [-0.3, -0.25) is 0 Å². The van der Waals surface area contributed by atoms with E-state index < -0.39 is 0 Å². The molecule has 2 saturated carbocycles. The smallest absolute Gasteiger partial charge is 0.0360 e. The first-order valence-corrected chi connectivity index (χ1v) is 5.83. The summed E-state index contributed by atoms with van der Waals surface area (Å²) in [7, 11) is 0. The highest BCUT2D eigenvalue weighted by Gasteiger charge is 2.39. The van der Waals surface area contributed by atoms with Gasteiger partial charge in [0.2, 0.25) is 0 Å². The van der Waals surface area contributed by atoms with Gasteiger partial charge in [0.05, 0.1) is 0 Å². The van der Waals surface area contributed by atoms with E-state index in [1.165, 1.54) is 25.7 Å². The molecule has 0 heteroatoms. The van der Waals surface area contributed by atoms with Crippen molar-refractivity contribution < 1.29 is 0 Å². The number of rotatable bonds is 1. The summed E-state index contributed by atoms with van der Waals surface area (Å²) in [6, 6.07) is 0. The zero-order chi connectivity index (χ0) is 8.55. The van der Waals surface area contributed by atoms with Gasteiger partial charge in [-0.2, -0.15) is 0 Å². The molecule has 0 aromatic rings. The summed E-state index contributed by atoms with van der Waals surface area (Å²) < 4.78 is 0. The Morgan fingerprint density at radius 3 is 2.42 bits per heavy atom. The minimum Gasteiger partial charge on any atom is -0.0651 e. The van der Waals surface area contributed by atoms with Gasteiger partial charge < -0.3 is 0 Å². The predicted molar refractivity (Wildman–Crippen MR) is 53.0 cm³/mol. The fourth-order valence-electron chi connectivity index (χ4n) is 3.79. The van der Waals surface area contributed by atoms with Gasteiger partial charge in [-0.25, -0.2) is 0 Å². The van der Waals surface area contributed by atoms with Crippen molar-refractivity contribution in [1.82, 2.24) is 0 Å². The van der Waals surface area contributed by atoms with E-state index in [-0.39, 0.29) is 0 Å². The number of fused-ring (bicyclic) bond motifs is 2. The van der Waals surface area contributed by atoms with Crippen LogP contribution < -0.4 is 0 Å². The molecule has 4 unspecified atom stereocenters. The standard InChI is InChI=1S/C12H22/c1-3-12-9(2)10-6-4-5-7-11(12)8-10/h9-12H,3-8H2,1-2H3. The molecule has 2 aliphatic rings. The van der Waals surface area contributed by atoms with Gasteiger partial charge in [0.1, 0.15) is 0 Å². The number of hydrogen-bond donors (Lipinski definition) is 0. The van der Waals surface area contributed by atoms with Crippen LogP contribution in [0.2, 0.25) is 0 Å². The number of hydrogen-bond acceptors (Lipinski definition) is 0. The molecule has 0 nitrogen and oxygen atoms in total. The Hall–Kier alpha value is 0. The maximum atomic E-state index is 2.50. The largest absolute Gasteiger partial charge is 0.0651 e. The normalized spacial score (nSPS) is 47.5. The first-order chi connectivity index (χ1) is 5.83. The van der Waals surface area contributed by atoms with E-state index in [0.717, 1.165) is 23.7 Å². The van der Waals surface area contributed by atoms with Crippen LogP contribution in [0, 0.1) is 23.7 Å². The third-order valence-corrected chi connectivity index (χ3v) is 4.50. The molecule has 2 bridgehead atoms. The monoisotopic (exact) mass is 166 g/mol.